The zero-order chi connectivity index (χ0) is 12.5. The van der Waals surface area contributed by atoms with E-state index >= 15 is 0 Å². The van der Waals surface area contributed by atoms with Crippen molar-refractivity contribution in [1.82, 2.24) is 10.2 Å². The lowest BCUT2D eigenvalue weighted by atomic mass is 10.2. The first-order valence-electron chi connectivity index (χ1n) is 5.63. The van der Waals surface area contributed by atoms with Crippen molar-refractivity contribution in [1.29, 1.82) is 0 Å². The van der Waals surface area contributed by atoms with Crippen molar-refractivity contribution in [2.75, 3.05) is 5.32 Å². The molecule has 1 fully saturated rings. The molecule has 1 N–H and O–H groups in total. The number of benzene rings is 1. The van der Waals surface area contributed by atoms with E-state index in [9.17, 15) is 4.79 Å². The lowest BCUT2D eigenvalue weighted by Gasteiger charge is -2.00. The van der Waals surface area contributed by atoms with Gasteiger partial charge in [0.15, 0.2) is 0 Å². The van der Waals surface area contributed by atoms with Gasteiger partial charge in [-0.3, -0.25) is 10.1 Å². The number of carbonyl (C=O) groups excluding carboxylic acids is 1. The predicted molar refractivity (Wildman–Crippen MR) is 79.0 cm³/mol. The molecule has 0 unspecified atom stereocenters. The first-order chi connectivity index (χ1) is 8.72. The Hall–Kier alpha value is -1.02. The van der Waals surface area contributed by atoms with Crippen molar-refractivity contribution in [3.63, 3.8) is 0 Å². The summed E-state index contributed by atoms with van der Waals surface area (Å²) < 4.78 is 1.11. The minimum absolute atomic E-state index is 0.134. The van der Waals surface area contributed by atoms with Gasteiger partial charge in [-0.1, -0.05) is 11.3 Å². The van der Waals surface area contributed by atoms with Crippen molar-refractivity contribution in [3.05, 3.63) is 38.4 Å². The fraction of sp³-hybridized carbons (Fsp3) is 0.250. The molecule has 1 aliphatic rings. The number of rotatable bonds is 3. The van der Waals surface area contributed by atoms with E-state index in [-0.39, 0.29) is 5.91 Å². The summed E-state index contributed by atoms with van der Waals surface area (Å²) in [6.45, 7) is 0. The number of halogens is 1. The molecule has 3 rings (SSSR count). The molecule has 1 amide bonds. The maximum absolute atomic E-state index is 11.9. The quantitative estimate of drug-likeness (QED) is 0.843. The number of anilines is 1. The van der Waals surface area contributed by atoms with E-state index in [0.29, 0.717) is 16.6 Å². The Labute approximate surface area is 122 Å². The van der Waals surface area contributed by atoms with E-state index in [1.54, 1.807) is 12.1 Å². The molecule has 1 aliphatic carbocycles. The summed E-state index contributed by atoms with van der Waals surface area (Å²) in [7, 11) is 0. The Morgan fingerprint density at radius 1 is 1.28 bits per heavy atom. The van der Waals surface area contributed by atoms with Gasteiger partial charge in [0, 0.05) is 15.1 Å². The Morgan fingerprint density at radius 3 is 2.67 bits per heavy atom. The third kappa shape index (κ3) is 2.69. The fourth-order valence-corrected chi connectivity index (χ4v) is 2.82. The largest absolute Gasteiger partial charge is 0.296 e. The fourth-order valence-electron chi connectivity index (χ4n) is 1.55. The number of nitrogens with one attached hydrogen (secondary N) is 1. The molecular formula is C12H10IN3OS. The van der Waals surface area contributed by atoms with Crippen LogP contribution in [-0.4, -0.2) is 16.1 Å². The molecule has 0 spiro atoms. The van der Waals surface area contributed by atoms with Crippen LogP contribution in [0.4, 0.5) is 5.13 Å². The van der Waals surface area contributed by atoms with Crippen LogP contribution >= 0.6 is 33.9 Å². The summed E-state index contributed by atoms with van der Waals surface area (Å²) >= 11 is 3.68. The molecule has 1 aromatic carbocycles. The van der Waals surface area contributed by atoms with E-state index in [2.05, 4.69) is 38.1 Å². The molecule has 18 heavy (non-hydrogen) atoms. The summed E-state index contributed by atoms with van der Waals surface area (Å²) in [5.74, 6) is 0.441. The van der Waals surface area contributed by atoms with E-state index in [1.807, 2.05) is 12.1 Å². The zero-order valence-corrected chi connectivity index (χ0v) is 12.4. The van der Waals surface area contributed by atoms with Gasteiger partial charge in [-0.15, -0.1) is 10.2 Å². The summed E-state index contributed by atoms with van der Waals surface area (Å²) in [6.07, 6.45) is 2.39. The van der Waals surface area contributed by atoms with E-state index in [4.69, 9.17) is 0 Å². The van der Waals surface area contributed by atoms with Crippen molar-refractivity contribution >= 4 is 45.0 Å². The summed E-state index contributed by atoms with van der Waals surface area (Å²) in [6, 6.07) is 7.43. The third-order valence-corrected chi connectivity index (χ3v) is 4.41. The highest BCUT2D eigenvalue weighted by atomic mass is 127. The minimum Gasteiger partial charge on any atom is -0.296 e. The van der Waals surface area contributed by atoms with E-state index < -0.39 is 0 Å². The Balaban J connectivity index is 1.70. The van der Waals surface area contributed by atoms with Gasteiger partial charge in [0.25, 0.3) is 5.91 Å². The van der Waals surface area contributed by atoms with Gasteiger partial charge in [0.2, 0.25) is 5.13 Å². The van der Waals surface area contributed by atoms with Crippen LogP contribution in [0.3, 0.4) is 0 Å². The lowest BCUT2D eigenvalue weighted by Crippen LogP contribution is -2.11. The zero-order valence-electron chi connectivity index (χ0n) is 9.39. The molecule has 0 atom stereocenters. The standard InChI is InChI=1S/C12H10IN3OS/c13-9-5-3-7(4-6-9)10(17)14-12-16-15-11(18-12)8-1-2-8/h3-6,8H,1-2H2,(H,14,16,17). The molecule has 1 aromatic heterocycles. The second-order valence-electron chi connectivity index (χ2n) is 4.18. The molecule has 0 saturated heterocycles. The molecule has 0 aliphatic heterocycles. The van der Waals surface area contributed by atoms with Crippen LogP contribution in [-0.2, 0) is 0 Å². The maximum Gasteiger partial charge on any atom is 0.257 e. The van der Waals surface area contributed by atoms with Gasteiger partial charge in [-0.05, 0) is 59.7 Å². The van der Waals surface area contributed by atoms with Crippen LogP contribution in [0.5, 0.6) is 0 Å². The first kappa shape index (κ1) is 12.0. The smallest absolute Gasteiger partial charge is 0.257 e. The summed E-state index contributed by atoms with van der Waals surface area (Å²) in [5, 5.41) is 12.5. The van der Waals surface area contributed by atoms with Crippen LogP contribution in [0.1, 0.15) is 34.1 Å². The molecule has 0 bridgehead atoms. The van der Waals surface area contributed by atoms with E-state index in [0.717, 1.165) is 8.58 Å². The number of amides is 1. The van der Waals surface area contributed by atoms with Crippen LogP contribution in [0, 0.1) is 3.57 Å². The number of carbonyl (C=O) groups is 1. The predicted octanol–water partition coefficient (Wildman–Crippen LogP) is 3.27. The minimum atomic E-state index is -0.134. The molecule has 6 heteroatoms. The topological polar surface area (TPSA) is 54.9 Å². The number of hydrogen-bond donors (Lipinski definition) is 1. The van der Waals surface area contributed by atoms with E-state index in [1.165, 1.54) is 24.2 Å². The average molecular weight is 371 g/mol. The van der Waals surface area contributed by atoms with Crippen LogP contribution in [0.25, 0.3) is 0 Å². The Morgan fingerprint density at radius 2 is 2.00 bits per heavy atom. The highest BCUT2D eigenvalue weighted by molar-refractivity contribution is 14.1. The molecule has 0 radical (unpaired) electrons. The van der Waals surface area contributed by atoms with Gasteiger partial charge in [-0.2, -0.15) is 0 Å². The number of aromatic nitrogens is 2. The Bertz CT molecular complexity index is 577. The third-order valence-electron chi connectivity index (χ3n) is 2.69. The second-order valence-corrected chi connectivity index (χ2v) is 6.44. The van der Waals surface area contributed by atoms with Crippen molar-refractivity contribution in [2.24, 2.45) is 0 Å². The van der Waals surface area contributed by atoms with Crippen molar-refractivity contribution < 1.29 is 4.79 Å². The van der Waals surface area contributed by atoms with Crippen LogP contribution in [0.15, 0.2) is 24.3 Å². The number of hydrogen-bond acceptors (Lipinski definition) is 4. The Kier molecular flexibility index (Phi) is 3.29. The van der Waals surface area contributed by atoms with Gasteiger partial charge in [0.05, 0.1) is 0 Å². The average Bonchev–Trinajstić information content (AvgIpc) is 3.11. The molecular weight excluding hydrogens is 361 g/mol. The number of nitrogens with zero attached hydrogens (tertiary/aromatic N) is 2. The summed E-state index contributed by atoms with van der Waals surface area (Å²) in [4.78, 5) is 11.9. The molecule has 2 aromatic rings. The normalized spacial score (nSPS) is 14.5. The van der Waals surface area contributed by atoms with Gasteiger partial charge in [-0.25, -0.2) is 0 Å². The lowest BCUT2D eigenvalue weighted by molar-refractivity contribution is 0.102. The van der Waals surface area contributed by atoms with Gasteiger partial charge >= 0.3 is 0 Å². The molecule has 92 valence electrons. The highest BCUT2D eigenvalue weighted by Gasteiger charge is 2.27. The van der Waals surface area contributed by atoms with Crippen LogP contribution < -0.4 is 5.32 Å². The molecule has 4 nitrogen and oxygen atoms in total. The maximum atomic E-state index is 11.9. The van der Waals surface area contributed by atoms with Gasteiger partial charge < -0.3 is 0 Å². The highest BCUT2D eigenvalue weighted by Crippen LogP contribution is 2.42. The van der Waals surface area contributed by atoms with Crippen LogP contribution in [0.2, 0.25) is 0 Å². The van der Waals surface area contributed by atoms with Gasteiger partial charge in [0.1, 0.15) is 5.01 Å². The molecule has 1 heterocycles. The van der Waals surface area contributed by atoms with Crippen molar-refractivity contribution in [2.45, 2.75) is 18.8 Å². The summed E-state index contributed by atoms with van der Waals surface area (Å²) in [5.41, 5.74) is 0.638. The first-order valence-corrected chi connectivity index (χ1v) is 7.52. The molecule has 1 saturated carbocycles. The SMILES string of the molecule is O=C(Nc1nnc(C2CC2)s1)c1ccc(I)cc1. The monoisotopic (exact) mass is 371 g/mol. The van der Waals surface area contributed by atoms with Crippen molar-refractivity contribution in [3.8, 4) is 0 Å². The second kappa shape index (κ2) is 4.93.